The Labute approximate surface area is 153 Å². The first-order valence-corrected chi connectivity index (χ1v) is 9.84. The number of halogens is 1. The van der Waals surface area contributed by atoms with Crippen LogP contribution in [0, 0.1) is 34.5 Å². The fraction of sp³-hybridized carbons (Fsp3) is 0.762. The summed E-state index contributed by atoms with van der Waals surface area (Å²) in [6, 6.07) is 0. The highest BCUT2D eigenvalue weighted by Gasteiger charge is 2.62. The number of ketones is 2. The van der Waals surface area contributed by atoms with E-state index in [2.05, 4.69) is 13.8 Å². The molecule has 3 saturated carbocycles. The molecule has 5 heteroatoms. The molecule has 0 aromatic heterocycles. The molecule has 3 fully saturated rings. The second kappa shape index (κ2) is 5.74. The Morgan fingerprint density at radius 1 is 1.15 bits per heavy atom. The van der Waals surface area contributed by atoms with E-state index >= 15 is 4.39 Å². The van der Waals surface area contributed by atoms with Gasteiger partial charge in [-0.3, -0.25) is 9.59 Å². The van der Waals surface area contributed by atoms with Crippen molar-refractivity contribution >= 4 is 17.5 Å². The molecule has 26 heavy (non-hydrogen) atoms. The van der Waals surface area contributed by atoms with Gasteiger partial charge >= 0.3 is 5.97 Å². The summed E-state index contributed by atoms with van der Waals surface area (Å²) < 4.78 is 15.1. The van der Waals surface area contributed by atoms with Crippen LogP contribution in [0.2, 0.25) is 0 Å². The number of carbonyl (C=O) groups excluding carboxylic acids is 2. The van der Waals surface area contributed by atoms with Crippen LogP contribution >= 0.6 is 0 Å². The molecule has 4 rings (SSSR count). The molecular weight excluding hydrogens is 335 g/mol. The SMILES string of the molecule is C[C@]12CC[C@H]3[C@@H](C[C@H](F)C4=CC(=O)CC[C@@]43C)[C@@H]1CC[C@@H]2C(=O)C(=O)O. The fourth-order valence-corrected chi connectivity index (χ4v) is 7.14. The molecule has 4 aliphatic rings. The largest absolute Gasteiger partial charge is 0.475 e. The van der Waals surface area contributed by atoms with Gasteiger partial charge in [0.25, 0.3) is 0 Å². The summed E-state index contributed by atoms with van der Waals surface area (Å²) in [4.78, 5) is 35.3. The van der Waals surface area contributed by atoms with Crippen molar-refractivity contribution in [3.63, 3.8) is 0 Å². The number of hydrogen-bond donors (Lipinski definition) is 1. The van der Waals surface area contributed by atoms with Gasteiger partial charge in [-0.25, -0.2) is 9.18 Å². The van der Waals surface area contributed by atoms with Gasteiger partial charge in [-0.2, -0.15) is 0 Å². The van der Waals surface area contributed by atoms with Crippen molar-refractivity contribution in [3.8, 4) is 0 Å². The van der Waals surface area contributed by atoms with Crippen LogP contribution in [-0.4, -0.2) is 28.8 Å². The van der Waals surface area contributed by atoms with Crippen LogP contribution in [0.4, 0.5) is 4.39 Å². The average Bonchev–Trinajstić information content (AvgIpc) is 2.93. The lowest BCUT2D eigenvalue weighted by Gasteiger charge is -2.58. The number of hydrogen-bond acceptors (Lipinski definition) is 3. The van der Waals surface area contributed by atoms with E-state index in [4.69, 9.17) is 0 Å². The molecule has 0 saturated heterocycles. The zero-order chi connectivity index (χ0) is 18.9. The molecule has 0 bridgehead atoms. The van der Waals surface area contributed by atoms with E-state index in [0.717, 1.165) is 19.3 Å². The van der Waals surface area contributed by atoms with Crippen LogP contribution < -0.4 is 0 Å². The van der Waals surface area contributed by atoms with Gasteiger partial charge in [0.2, 0.25) is 5.78 Å². The molecule has 0 aromatic carbocycles. The highest BCUT2D eigenvalue weighted by atomic mass is 19.1. The normalized spacial score (nSPS) is 47.4. The van der Waals surface area contributed by atoms with Crippen molar-refractivity contribution in [2.45, 2.75) is 65.0 Å². The number of carboxylic acids is 1. The van der Waals surface area contributed by atoms with Crippen molar-refractivity contribution < 1.29 is 23.9 Å². The summed E-state index contributed by atoms with van der Waals surface area (Å²) in [5, 5.41) is 9.19. The Balaban J connectivity index is 1.68. The first-order chi connectivity index (χ1) is 12.2. The predicted octanol–water partition coefficient (Wildman–Crippen LogP) is 3.74. The quantitative estimate of drug-likeness (QED) is 0.760. The lowest BCUT2D eigenvalue weighted by atomic mass is 9.46. The molecule has 4 nitrogen and oxygen atoms in total. The predicted molar refractivity (Wildman–Crippen MR) is 93.1 cm³/mol. The van der Waals surface area contributed by atoms with E-state index in [1.54, 1.807) is 6.08 Å². The van der Waals surface area contributed by atoms with Gasteiger partial charge in [0.1, 0.15) is 6.17 Å². The van der Waals surface area contributed by atoms with Crippen molar-refractivity contribution in [1.29, 1.82) is 0 Å². The molecule has 7 atom stereocenters. The van der Waals surface area contributed by atoms with E-state index in [-0.39, 0.29) is 28.4 Å². The van der Waals surface area contributed by atoms with E-state index in [0.29, 0.717) is 37.2 Å². The molecule has 0 radical (unpaired) electrons. The smallest absolute Gasteiger partial charge is 0.372 e. The summed E-state index contributed by atoms with van der Waals surface area (Å²) >= 11 is 0. The first-order valence-electron chi connectivity index (χ1n) is 9.84. The Morgan fingerprint density at radius 3 is 2.58 bits per heavy atom. The first kappa shape index (κ1) is 17.9. The van der Waals surface area contributed by atoms with E-state index in [9.17, 15) is 19.5 Å². The summed E-state index contributed by atoms with van der Waals surface area (Å²) in [6.45, 7) is 4.17. The van der Waals surface area contributed by atoms with E-state index in [1.165, 1.54) is 0 Å². The lowest BCUT2D eigenvalue weighted by Crippen LogP contribution is -2.53. The van der Waals surface area contributed by atoms with Gasteiger partial charge in [-0.05, 0) is 78.8 Å². The van der Waals surface area contributed by atoms with Gasteiger partial charge in [0.15, 0.2) is 5.78 Å². The molecule has 4 aliphatic carbocycles. The summed E-state index contributed by atoms with van der Waals surface area (Å²) in [5.74, 6) is -1.72. The third-order valence-electron chi connectivity index (χ3n) is 8.47. The molecule has 0 spiro atoms. The third-order valence-corrected chi connectivity index (χ3v) is 8.47. The van der Waals surface area contributed by atoms with Gasteiger partial charge in [-0.15, -0.1) is 0 Å². The standard InChI is InChI=1S/C21H27FO4/c1-20-8-6-14-12(13(20)3-4-15(20)18(24)19(25)26)10-17(22)16-9-11(23)5-7-21(14,16)2/h9,12-15,17H,3-8,10H2,1-2H3,(H,25,26)/t12-,13-,14-,15+,17-,20-,21+/m0/s1. The van der Waals surface area contributed by atoms with E-state index in [1.807, 2.05) is 0 Å². The van der Waals surface area contributed by atoms with Gasteiger partial charge < -0.3 is 5.11 Å². The fourth-order valence-electron chi connectivity index (χ4n) is 7.14. The maximum absolute atomic E-state index is 15.1. The van der Waals surface area contributed by atoms with Crippen molar-refractivity contribution in [2.75, 3.05) is 0 Å². The van der Waals surface area contributed by atoms with Crippen LogP contribution in [-0.2, 0) is 14.4 Å². The maximum atomic E-state index is 15.1. The monoisotopic (exact) mass is 362 g/mol. The number of alkyl halides is 1. The molecule has 0 unspecified atom stereocenters. The number of Topliss-reactive ketones (excluding diaryl/α,β-unsaturated/α-hetero) is 1. The van der Waals surface area contributed by atoms with Crippen LogP contribution in [0.1, 0.15) is 58.8 Å². The molecule has 0 aliphatic heterocycles. The summed E-state index contributed by atoms with van der Waals surface area (Å²) in [6.07, 6.45) is 5.18. The summed E-state index contributed by atoms with van der Waals surface area (Å²) in [5.41, 5.74) is 0.0833. The third kappa shape index (κ3) is 2.28. The number of fused-ring (bicyclic) bond motifs is 5. The molecule has 1 N–H and O–H groups in total. The minimum atomic E-state index is -1.34. The Kier molecular flexibility index (Phi) is 3.94. The molecule has 0 aromatic rings. The van der Waals surface area contributed by atoms with Crippen molar-refractivity contribution in [3.05, 3.63) is 11.6 Å². The number of aliphatic carboxylic acids is 1. The lowest BCUT2D eigenvalue weighted by molar-refractivity contribution is -0.154. The Hall–Kier alpha value is -1.52. The van der Waals surface area contributed by atoms with Crippen molar-refractivity contribution in [1.82, 2.24) is 0 Å². The highest BCUT2D eigenvalue weighted by molar-refractivity contribution is 6.33. The molecule has 0 heterocycles. The molecule has 142 valence electrons. The Morgan fingerprint density at radius 2 is 1.88 bits per heavy atom. The average molecular weight is 362 g/mol. The van der Waals surface area contributed by atoms with Crippen LogP contribution in [0.15, 0.2) is 11.6 Å². The van der Waals surface area contributed by atoms with Crippen LogP contribution in [0.3, 0.4) is 0 Å². The van der Waals surface area contributed by atoms with Gasteiger partial charge in [0, 0.05) is 12.3 Å². The zero-order valence-electron chi connectivity index (χ0n) is 15.5. The minimum absolute atomic E-state index is 0.0345. The second-order valence-electron chi connectivity index (χ2n) is 9.41. The van der Waals surface area contributed by atoms with Crippen molar-refractivity contribution in [2.24, 2.45) is 34.5 Å². The highest BCUT2D eigenvalue weighted by Crippen LogP contribution is 2.67. The molecular formula is C21H27FO4. The van der Waals surface area contributed by atoms with Gasteiger partial charge in [0.05, 0.1) is 0 Å². The number of allylic oxidation sites excluding steroid dienone is 1. The zero-order valence-corrected chi connectivity index (χ0v) is 15.5. The summed E-state index contributed by atoms with van der Waals surface area (Å²) in [7, 11) is 0. The minimum Gasteiger partial charge on any atom is -0.475 e. The molecule has 0 amide bonds. The number of rotatable bonds is 2. The second-order valence-corrected chi connectivity index (χ2v) is 9.41. The van der Waals surface area contributed by atoms with E-state index < -0.39 is 23.8 Å². The number of carbonyl (C=O) groups is 3. The van der Waals surface area contributed by atoms with Gasteiger partial charge in [-0.1, -0.05) is 13.8 Å². The number of carboxylic acid groups (broad SMARTS) is 1. The van der Waals surface area contributed by atoms with Crippen LogP contribution in [0.25, 0.3) is 0 Å². The topological polar surface area (TPSA) is 71.4 Å². The van der Waals surface area contributed by atoms with Crippen LogP contribution in [0.5, 0.6) is 0 Å². The maximum Gasteiger partial charge on any atom is 0.372 e. The Bertz CT molecular complexity index is 713.